The molecule has 2 aliphatic heterocycles. The third kappa shape index (κ3) is 2.76. The lowest BCUT2D eigenvalue weighted by Gasteiger charge is -2.31. The first-order valence-electron chi connectivity index (χ1n) is 9.32. The fourth-order valence-electron chi connectivity index (χ4n) is 4.04. The Hall–Kier alpha value is -2.53. The van der Waals surface area contributed by atoms with Crippen LogP contribution in [0.3, 0.4) is 0 Å². The zero-order chi connectivity index (χ0) is 19.3. The molecule has 1 N–H and O–H groups in total. The largest absolute Gasteiger partial charge is 0.369 e. The zero-order valence-electron chi connectivity index (χ0n) is 15.1. The van der Waals surface area contributed by atoms with Crippen LogP contribution in [0.25, 0.3) is 5.65 Å². The number of halogens is 1. The van der Waals surface area contributed by atoms with Gasteiger partial charge in [0.2, 0.25) is 10.0 Å². The molecule has 0 aliphatic carbocycles. The minimum Gasteiger partial charge on any atom is -0.369 e. The summed E-state index contributed by atoms with van der Waals surface area (Å²) in [4.78, 5) is 4.21. The first-order valence-corrected chi connectivity index (χ1v) is 10.8. The van der Waals surface area contributed by atoms with Gasteiger partial charge in [-0.3, -0.25) is 0 Å². The van der Waals surface area contributed by atoms with Crippen LogP contribution in [0.5, 0.6) is 0 Å². The predicted molar refractivity (Wildman–Crippen MR) is 99.0 cm³/mol. The van der Waals surface area contributed by atoms with Gasteiger partial charge in [-0.15, -0.1) is 0 Å². The second kappa shape index (κ2) is 6.52. The summed E-state index contributed by atoms with van der Waals surface area (Å²) in [6.45, 7) is 2.13. The average molecular weight is 405 g/mol. The van der Waals surface area contributed by atoms with E-state index in [0.29, 0.717) is 49.5 Å². The molecule has 0 aromatic carbocycles. The van der Waals surface area contributed by atoms with Crippen molar-refractivity contribution >= 4 is 21.5 Å². The third-order valence-corrected chi connectivity index (χ3v) is 7.45. The summed E-state index contributed by atoms with van der Waals surface area (Å²) in [6.07, 6.45) is 6.48. The van der Waals surface area contributed by atoms with E-state index in [1.54, 1.807) is 15.4 Å². The van der Waals surface area contributed by atoms with E-state index in [4.69, 9.17) is 0 Å². The molecule has 0 amide bonds. The van der Waals surface area contributed by atoms with E-state index in [2.05, 4.69) is 20.5 Å². The van der Waals surface area contributed by atoms with Crippen molar-refractivity contribution < 1.29 is 12.8 Å². The van der Waals surface area contributed by atoms with Crippen LogP contribution in [0.4, 0.5) is 10.2 Å². The third-order valence-electron chi connectivity index (χ3n) is 5.55. The summed E-state index contributed by atoms with van der Waals surface area (Å²) in [6, 6.07) is 1.37. The van der Waals surface area contributed by atoms with Gasteiger partial charge < -0.3 is 5.32 Å². The van der Waals surface area contributed by atoms with Gasteiger partial charge in [0.15, 0.2) is 5.65 Å². The molecule has 3 aromatic heterocycles. The van der Waals surface area contributed by atoms with Crippen LogP contribution < -0.4 is 5.32 Å². The summed E-state index contributed by atoms with van der Waals surface area (Å²) in [5.74, 6) is 0.187. The van der Waals surface area contributed by atoms with Crippen molar-refractivity contribution in [3.63, 3.8) is 0 Å². The van der Waals surface area contributed by atoms with E-state index in [9.17, 15) is 12.8 Å². The molecule has 1 saturated heterocycles. The maximum atomic E-state index is 14.5. The molecular weight excluding hydrogens is 385 g/mol. The fourth-order valence-corrected chi connectivity index (χ4v) is 5.61. The number of piperidine rings is 1. The summed E-state index contributed by atoms with van der Waals surface area (Å²) >= 11 is 0. The number of hydrogen-bond acceptors (Lipinski definition) is 6. The molecule has 148 valence electrons. The minimum absolute atomic E-state index is 0.0562. The first-order chi connectivity index (χ1) is 13.5. The molecule has 5 heterocycles. The summed E-state index contributed by atoms with van der Waals surface area (Å²) in [7, 11) is -3.64. The van der Waals surface area contributed by atoms with Crippen LogP contribution in [-0.4, -0.2) is 56.7 Å². The van der Waals surface area contributed by atoms with Gasteiger partial charge in [0.25, 0.3) is 0 Å². The topological polar surface area (TPSA) is 97.4 Å². The van der Waals surface area contributed by atoms with E-state index in [1.165, 1.54) is 22.9 Å². The van der Waals surface area contributed by atoms with Crippen molar-refractivity contribution in [2.24, 2.45) is 0 Å². The van der Waals surface area contributed by atoms with Crippen molar-refractivity contribution in [2.45, 2.75) is 36.6 Å². The van der Waals surface area contributed by atoms with Crippen LogP contribution in [0, 0.1) is 5.82 Å². The molecule has 0 radical (unpaired) electrons. The number of rotatable bonds is 3. The van der Waals surface area contributed by atoms with Crippen LogP contribution in [-0.2, 0) is 16.6 Å². The Balaban J connectivity index is 1.36. The minimum atomic E-state index is -3.64. The monoisotopic (exact) mass is 405 g/mol. The molecule has 9 nitrogen and oxygen atoms in total. The van der Waals surface area contributed by atoms with Crippen molar-refractivity contribution in [3.8, 4) is 0 Å². The van der Waals surface area contributed by atoms with Crippen LogP contribution >= 0.6 is 0 Å². The lowest BCUT2D eigenvalue weighted by Crippen LogP contribution is -2.38. The molecule has 11 heteroatoms. The maximum absolute atomic E-state index is 14.5. The number of nitrogens with zero attached hydrogens (tertiary/aromatic N) is 6. The zero-order valence-corrected chi connectivity index (χ0v) is 15.9. The molecule has 0 bridgehead atoms. The number of sulfonamides is 1. The highest BCUT2D eigenvalue weighted by Gasteiger charge is 2.34. The quantitative estimate of drug-likeness (QED) is 0.708. The van der Waals surface area contributed by atoms with Crippen molar-refractivity contribution in [3.05, 3.63) is 36.2 Å². The molecule has 2 aliphatic rings. The second-order valence-electron chi connectivity index (χ2n) is 7.18. The fraction of sp³-hybridized carbons (Fsp3) is 0.471. The Labute approximate surface area is 161 Å². The van der Waals surface area contributed by atoms with Crippen LogP contribution in [0.2, 0.25) is 0 Å². The van der Waals surface area contributed by atoms with E-state index < -0.39 is 10.0 Å². The SMILES string of the molecule is O=S(=O)(c1cnn2c1NCCC2)N1CCC(c2cn3ncnc3cc2F)CC1. The molecule has 3 aromatic rings. The number of anilines is 1. The van der Waals surface area contributed by atoms with Gasteiger partial charge in [-0.25, -0.2) is 27.0 Å². The van der Waals surface area contributed by atoms with Crippen molar-refractivity contribution in [2.75, 3.05) is 25.0 Å². The Bertz CT molecular complexity index is 1130. The Morgan fingerprint density at radius 2 is 2.00 bits per heavy atom. The van der Waals surface area contributed by atoms with E-state index in [0.717, 1.165) is 13.0 Å². The molecule has 0 unspecified atom stereocenters. The first kappa shape index (κ1) is 17.6. The van der Waals surface area contributed by atoms with Gasteiger partial charge in [0.05, 0.1) is 6.20 Å². The molecule has 0 saturated carbocycles. The number of hydrogen-bond donors (Lipinski definition) is 1. The number of aryl methyl sites for hydroxylation is 1. The number of aromatic nitrogens is 5. The molecule has 28 heavy (non-hydrogen) atoms. The highest BCUT2D eigenvalue weighted by atomic mass is 32.2. The Morgan fingerprint density at radius 3 is 2.82 bits per heavy atom. The van der Waals surface area contributed by atoms with E-state index in [-0.39, 0.29) is 16.6 Å². The molecule has 0 spiro atoms. The molecule has 5 rings (SSSR count). The average Bonchev–Trinajstić information content (AvgIpc) is 3.34. The molecule has 0 atom stereocenters. The maximum Gasteiger partial charge on any atom is 0.248 e. The highest BCUT2D eigenvalue weighted by Crippen LogP contribution is 2.34. The van der Waals surface area contributed by atoms with Crippen LogP contribution in [0.15, 0.2) is 29.7 Å². The van der Waals surface area contributed by atoms with Gasteiger partial charge in [0, 0.05) is 44.0 Å². The lowest BCUT2D eigenvalue weighted by atomic mass is 9.91. The number of fused-ring (bicyclic) bond motifs is 2. The Kier molecular flexibility index (Phi) is 4.09. The predicted octanol–water partition coefficient (Wildman–Crippen LogP) is 1.45. The normalized spacial score (nSPS) is 18.9. The molecule has 1 fully saturated rings. The summed E-state index contributed by atoms with van der Waals surface area (Å²) in [5.41, 5.74) is 1.01. The van der Waals surface area contributed by atoms with Crippen molar-refractivity contribution in [1.82, 2.24) is 28.7 Å². The van der Waals surface area contributed by atoms with Crippen LogP contribution in [0.1, 0.15) is 30.7 Å². The smallest absolute Gasteiger partial charge is 0.248 e. The lowest BCUT2D eigenvalue weighted by molar-refractivity contribution is 0.315. The summed E-state index contributed by atoms with van der Waals surface area (Å²) in [5, 5.41) is 11.4. The van der Waals surface area contributed by atoms with Gasteiger partial charge in [-0.05, 0) is 25.2 Å². The van der Waals surface area contributed by atoms with E-state index >= 15 is 0 Å². The second-order valence-corrected chi connectivity index (χ2v) is 9.09. The molecular formula is C17H20FN7O2S. The highest BCUT2D eigenvalue weighted by molar-refractivity contribution is 7.89. The van der Waals surface area contributed by atoms with E-state index in [1.807, 2.05) is 0 Å². The summed E-state index contributed by atoms with van der Waals surface area (Å²) < 4.78 is 45.4. The number of pyridine rings is 1. The van der Waals surface area contributed by atoms with Gasteiger partial charge in [-0.1, -0.05) is 0 Å². The van der Waals surface area contributed by atoms with Gasteiger partial charge in [-0.2, -0.15) is 14.5 Å². The van der Waals surface area contributed by atoms with Gasteiger partial charge in [0.1, 0.15) is 22.9 Å². The van der Waals surface area contributed by atoms with Gasteiger partial charge >= 0.3 is 0 Å². The Morgan fingerprint density at radius 1 is 1.18 bits per heavy atom. The number of nitrogens with one attached hydrogen (secondary N) is 1. The standard InChI is InChI=1S/C17H20FN7O2S/c18-14-8-16-20-11-22-25(16)10-13(14)12-2-6-23(7-3-12)28(26,27)15-9-21-24-5-1-4-19-17(15)24/h8-12,19H,1-7H2. The van der Waals surface area contributed by atoms with Crippen molar-refractivity contribution in [1.29, 1.82) is 0 Å².